The predicted octanol–water partition coefficient (Wildman–Crippen LogP) is 0.521. The lowest BCUT2D eigenvalue weighted by Crippen LogP contribution is -2.27. The zero-order valence-electron chi connectivity index (χ0n) is 6.29. The summed E-state index contributed by atoms with van der Waals surface area (Å²) in [6.45, 7) is 0.681. The summed E-state index contributed by atoms with van der Waals surface area (Å²) in [6.07, 6.45) is 2.74. The summed E-state index contributed by atoms with van der Waals surface area (Å²) in [4.78, 5) is 13.1. The lowest BCUT2D eigenvalue weighted by molar-refractivity contribution is -0.128. The van der Waals surface area contributed by atoms with Gasteiger partial charge in [-0.05, 0) is 12.8 Å². The minimum atomic E-state index is -0.0388. The molecule has 0 aromatic carbocycles. The smallest absolute Gasteiger partial charge is 0.224 e. The Labute approximate surface area is 65.6 Å². The van der Waals surface area contributed by atoms with Crippen LogP contribution in [-0.2, 0) is 4.79 Å². The predicted molar refractivity (Wildman–Crippen MR) is 38.5 cm³/mol. The molecule has 3 nitrogen and oxygen atoms in total. The highest BCUT2D eigenvalue weighted by molar-refractivity contribution is 5.79. The minimum Gasteiger partial charge on any atom is -0.338 e. The first-order valence-corrected chi connectivity index (χ1v) is 4.00. The average molecular weight is 150 g/mol. The molecule has 0 N–H and O–H groups in total. The maximum atomic E-state index is 11.2. The standard InChI is InChI=1S/C8H10N2O/c9-4-6-3-8(11)10(5-6)7-1-2-7/h6-7H,1-3,5H2. The van der Waals surface area contributed by atoms with Crippen molar-refractivity contribution in [2.24, 2.45) is 5.92 Å². The van der Waals surface area contributed by atoms with Gasteiger partial charge in [-0.25, -0.2) is 0 Å². The number of nitrogens with zero attached hydrogens (tertiary/aromatic N) is 2. The van der Waals surface area contributed by atoms with Crippen molar-refractivity contribution in [1.29, 1.82) is 5.26 Å². The summed E-state index contributed by atoms with van der Waals surface area (Å²) in [5.74, 6) is 0.141. The van der Waals surface area contributed by atoms with Crippen LogP contribution in [-0.4, -0.2) is 23.4 Å². The van der Waals surface area contributed by atoms with E-state index in [9.17, 15) is 4.79 Å². The SMILES string of the molecule is N#CC1CC(=O)N(C2CC2)C1. The lowest BCUT2D eigenvalue weighted by atomic mass is 10.1. The second-order valence-electron chi connectivity index (χ2n) is 3.31. The fourth-order valence-electron chi connectivity index (χ4n) is 1.56. The van der Waals surface area contributed by atoms with Gasteiger partial charge in [0.2, 0.25) is 5.91 Å². The normalized spacial score (nSPS) is 30.6. The molecule has 2 rings (SSSR count). The van der Waals surface area contributed by atoms with Crippen molar-refractivity contribution in [3.05, 3.63) is 0 Å². The monoisotopic (exact) mass is 150 g/mol. The summed E-state index contributed by atoms with van der Waals surface area (Å²) >= 11 is 0. The van der Waals surface area contributed by atoms with Gasteiger partial charge in [-0.1, -0.05) is 0 Å². The van der Waals surface area contributed by atoms with Gasteiger partial charge in [0, 0.05) is 19.0 Å². The minimum absolute atomic E-state index is 0.0388. The molecule has 1 heterocycles. The Balaban J connectivity index is 2.02. The summed E-state index contributed by atoms with van der Waals surface area (Å²) in [6, 6.07) is 2.63. The van der Waals surface area contributed by atoms with Gasteiger partial charge in [0.1, 0.15) is 0 Å². The second-order valence-corrected chi connectivity index (χ2v) is 3.31. The number of amides is 1. The molecule has 2 aliphatic rings. The molecule has 1 amide bonds. The molecule has 1 aliphatic carbocycles. The van der Waals surface area contributed by atoms with E-state index in [1.54, 1.807) is 0 Å². The molecule has 1 saturated heterocycles. The number of hydrogen-bond acceptors (Lipinski definition) is 2. The molecule has 0 spiro atoms. The molecule has 1 unspecified atom stereocenters. The van der Waals surface area contributed by atoms with Crippen LogP contribution in [0.15, 0.2) is 0 Å². The zero-order chi connectivity index (χ0) is 7.84. The van der Waals surface area contributed by atoms with Gasteiger partial charge in [-0.15, -0.1) is 0 Å². The molecule has 0 bridgehead atoms. The highest BCUT2D eigenvalue weighted by Gasteiger charge is 2.39. The highest BCUT2D eigenvalue weighted by Crippen LogP contribution is 2.32. The molecule has 1 aliphatic heterocycles. The first kappa shape index (κ1) is 6.66. The molecular formula is C8H10N2O. The molecule has 0 aromatic rings. The van der Waals surface area contributed by atoms with Crippen LogP contribution in [0, 0.1) is 17.2 Å². The maximum Gasteiger partial charge on any atom is 0.224 e. The van der Waals surface area contributed by atoms with E-state index in [1.807, 2.05) is 4.90 Å². The zero-order valence-corrected chi connectivity index (χ0v) is 6.29. The van der Waals surface area contributed by atoms with Crippen molar-refractivity contribution in [1.82, 2.24) is 4.90 Å². The fraction of sp³-hybridized carbons (Fsp3) is 0.750. The number of carbonyl (C=O) groups is 1. The van der Waals surface area contributed by atoms with Crippen LogP contribution in [0.2, 0.25) is 0 Å². The van der Waals surface area contributed by atoms with Crippen LogP contribution in [0.3, 0.4) is 0 Å². The fourth-order valence-corrected chi connectivity index (χ4v) is 1.56. The van der Waals surface area contributed by atoms with Crippen LogP contribution in [0.5, 0.6) is 0 Å². The van der Waals surface area contributed by atoms with E-state index < -0.39 is 0 Å². The van der Waals surface area contributed by atoms with Crippen molar-refractivity contribution in [2.75, 3.05) is 6.54 Å². The first-order chi connectivity index (χ1) is 5.31. The van der Waals surface area contributed by atoms with E-state index in [0.717, 1.165) is 12.8 Å². The van der Waals surface area contributed by atoms with E-state index >= 15 is 0 Å². The summed E-state index contributed by atoms with van der Waals surface area (Å²) < 4.78 is 0. The van der Waals surface area contributed by atoms with Gasteiger partial charge in [0.15, 0.2) is 0 Å². The molecular weight excluding hydrogens is 140 g/mol. The molecule has 58 valence electrons. The molecule has 2 fully saturated rings. The molecule has 0 aromatic heterocycles. The van der Waals surface area contributed by atoms with Crippen LogP contribution >= 0.6 is 0 Å². The van der Waals surface area contributed by atoms with E-state index in [-0.39, 0.29) is 11.8 Å². The molecule has 11 heavy (non-hydrogen) atoms. The van der Waals surface area contributed by atoms with Crippen molar-refractivity contribution < 1.29 is 4.79 Å². The van der Waals surface area contributed by atoms with Crippen LogP contribution < -0.4 is 0 Å². The summed E-state index contributed by atoms with van der Waals surface area (Å²) in [5, 5.41) is 8.57. The largest absolute Gasteiger partial charge is 0.338 e. The molecule has 1 atom stereocenters. The number of nitriles is 1. The van der Waals surface area contributed by atoms with Gasteiger partial charge >= 0.3 is 0 Å². The van der Waals surface area contributed by atoms with Gasteiger partial charge < -0.3 is 4.90 Å². The molecule has 3 heteroatoms. The van der Waals surface area contributed by atoms with Gasteiger partial charge in [-0.2, -0.15) is 5.26 Å². The van der Waals surface area contributed by atoms with E-state index in [0.29, 0.717) is 19.0 Å². The first-order valence-electron chi connectivity index (χ1n) is 4.00. The lowest BCUT2D eigenvalue weighted by Gasteiger charge is -2.13. The van der Waals surface area contributed by atoms with Crippen molar-refractivity contribution in [3.63, 3.8) is 0 Å². The Kier molecular flexibility index (Phi) is 1.35. The van der Waals surface area contributed by atoms with E-state index in [2.05, 4.69) is 6.07 Å². The topological polar surface area (TPSA) is 44.1 Å². The van der Waals surface area contributed by atoms with Crippen molar-refractivity contribution >= 4 is 5.91 Å². The van der Waals surface area contributed by atoms with Crippen LogP contribution in [0.1, 0.15) is 19.3 Å². The Morgan fingerprint density at radius 1 is 1.55 bits per heavy atom. The number of likely N-dealkylation sites (tertiary alicyclic amines) is 1. The Morgan fingerprint density at radius 3 is 2.73 bits per heavy atom. The van der Waals surface area contributed by atoms with Crippen molar-refractivity contribution in [3.8, 4) is 6.07 Å². The number of carbonyl (C=O) groups excluding carboxylic acids is 1. The Bertz CT molecular complexity index is 227. The third kappa shape index (κ3) is 1.09. The highest BCUT2D eigenvalue weighted by atomic mass is 16.2. The molecule has 1 saturated carbocycles. The Morgan fingerprint density at radius 2 is 2.27 bits per heavy atom. The van der Waals surface area contributed by atoms with E-state index in [1.165, 1.54) is 0 Å². The summed E-state index contributed by atoms with van der Waals surface area (Å²) in [7, 11) is 0. The van der Waals surface area contributed by atoms with Crippen LogP contribution in [0.4, 0.5) is 0 Å². The maximum absolute atomic E-state index is 11.2. The Hall–Kier alpha value is -1.04. The molecule has 0 radical (unpaired) electrons. The summed E-state index contributed by atoms with van der Waals surface area (Å²) in [5.41, 5.74) is 0. The van der Waals surface area contributed by atoms with Crippen molar-refractivity contribution in [2.45, 2.75) is 25.3 Å². The van der Waals surface area contributed by atoms with Gasteiger partial charge in [0.05, 0.1) is 12.0 Å². The van der Waals surface area contributed by atoms with E-state index in [4.69, 9.17) is 5.26 Å². The van der Waals surface area contributed by atoms with Crippen LogP contribution in [0.25, 0.3) is 0 Å². The third-order valence-electron chi connectivity index (χ3n) is 2.33. The number of rotatable bonds is 1. The number of hydrogen-bond donors (Lipinski definition) is 0. The third-order valence-corrected chi connectivity index (χ3v) is 2.33. The average Bonchev–Trinajstić information content (AvgIpc) is 2.76. The quantitative estimate of drug-likeness (QED) is 0.547. The van der Waals surface area contributed by atoms with Gasteiger partial charge in [-0.3, -0.25) is 4.79 Å². The van der Waals surface area contributed by atoms with Gasteiger partial charge in [0.25, 0.3) is 0 Å². The second kappa shape index (κ2) is 2.23.